The number of benzene rings is 1. The highest BCUT2D eigenvalue weighted by atomic mass is 16.5. The van der Waals surface area contributed by atoms with Gasteiger partial charge in [-0.1, -0.05) is 31.1 Å². The molecule has 1 unspecified atom stereocenters. The molecule has 27 heavy (non-hydrogen) atoms. The Balaban J connectivity index is 1.86. The number of β-amino-alcohol motifs (C(OH)–C–C–N with tert-alkyl or cyclic N) is 1. The highest BCUT2D eigenvalue weighted by molar-refractivity contribution is 5.43. The Bertz CT molecular complexity index is 583. The molecule has 1 aliphatic heterocycles. The van der Waals surface area contributed by atoms with Gasteiger partial charge in [0.2, 0.25) is 0 Å². The third kappa shape index (κ3) is 7.91. The predicted octanol–water partition coefficient (Wildman–Crippen LogP) is 3.32. The molecule has 1 fully saturated rings. The van der Waals surface area contributed by atoms with Crippen LogP contribution in [0.2, 0.25) is 0 Å². The molecule has 5 nitrogen and oxygen atoms in total. The number of likely N-dealkylation sites (N-methyl/N-ethyl adjacent to an activating group) is 1. The average Bonchev–Trinajstić information content (AvgIpc) is 2.88. The standard InChI is InChI=1S/C22H36N2O3/c1-18(2)14-23(3)15-19-9-10-21(22(13-19)26-4)27-17-20(25)16-24-11-7-5-6-8-12-24/h9-10,13,20,25H,1,5-8,11-12,14-17H2,2-4H3. The summed E-state index contributed by atoms with van der Waals surface area (Å²) in [6.45, 7) is 10.8. The van der Waals surface area contributed by atoms with E-state index in [9.17, 15) is 5.11 Å². The van der Waals surface area contributed by atoms with Gasteiger partial charge >= 0.3 is 0 Å². The van der Waals surface area contributed by atoms with Crippen molar-refractivity contribution in [2.24, 2.45) is 0 Å². The van der Waals surface area contributed by atoms with Gasteiger partial charge in [-0.3, -0.25) is 4.90 Å². The Morgan fingerprint density at radius 2 is 1.93 bits per heavy atom. The van der Waals surface area contributed by atoms with Crippen LogP contribution in [0.1, 0.15) is 38.2 Å². The monoisotopic (exact) mass is 376 g/mol. The molecule has 1 aromatic rings. The molecular weight excluding hydrogens is 340 g/mol. The van der Waals surface area contributed by atoms with E-state index in [0.29, 0.717) is 18.0 Å². The largest absolute Gasteiger partial charge is 0.493 e. The Morgan fingerprint density at radius 3 is 2.56 bits per heavy atom. The van der Waals surface area contributed by atoms with Gasteiger partial charge in [0, 0.05) is 19.6 Å². The van der Waals surface area contributed by atoms with E-state index < -0.39 is 6.10 Å². The quantitative estimate of drug-likeness (QED) is 0.635. The highest BCUT2D eigenvalue weighted by Gasteiger charge is 2.15. The Labute approximate surface area is 164 Å². The van der Waals surface area contributed by atoms with Gasteiger partial charge in [-0.25, -0.2) is 0 Å². The summed E-state index contributed by atoms with van der Waals surface area (Å²) in [4.78, 5) is 4.56. The molecule has 1 aliphatic rings. The second-order valence-electron chi connectivity index (χ2n) is 7.79. The van der Waals surface area contributed by atoms with Gasteiger partial charge in [-0.05, 0) is 57.6 Å². The predicted molar refractivity (Wildman–Crippen MR) is 111 cm³/mol. The molecular formula is C22H36N2O3. The fourth-order valence-electron chi connectivity index (χ4n) is 3.61. The van der Waals surface area contributed by atoms with Crippen molar-refractivity contribution in [1.82, 2.24) is 9.80 Å². The van der Waals surface area contributed by atoms with Crippen molar-refractivity contribution in [2.75, 3.05) is 46.9 Å². The molecule has 1 saturated heterocycles. The van der Waals surface area contributed by atoms with Crippen LogP contribution in [0.15, 0.2) is 30.4 Å². The maximum absolute atomic E-state index is 10.4. The van der Waals surface area contributed by atoms with Gasteiger partial charge in [-0.15, -0.1) is 0 Å². The minimum atomic E-state index is -0.491. The van der Waals surface area contributed by atoms with Crippen LogP contribution in [0.5, 0.6) is 11.5 Å². The van der Waals surface area contributed by atoms with Gasteiger partial charge in [0.25, 0.3) is 0 Å². The van der Waals surface area contributed by atoms with Crippen LogP contribution in [-0.4, -0.2) is 68.0 Å². The van der Waals surface area contributed by atoms with Gasteiger partial charge in [0.05, 0.1) is 7.11 Å². The minimum Gasteiger partial charge on any atom is -0.493 e. The maximum atomic E-state index is 10.4. The van der Waals surface area contributed by atoms with Crippen molar-refractivity contribution >= 4 is 0 Å². The Hall–Kier alpha value is -1.56. The molecule has 0 spiro atoms. The topological polar surface area (TPSA) is 45.2 Å². The lowest BCUT2D eigenvalue weighted by atomic mass is 10.2. The number of ether oxygens (including phenoxy) is 2. The summed E-state index contributed by atoms with van der Waals surface area (Å²) >= 11 is 0. The van der Waals surface area contributed by atoms with Crippen molar-refractivity contribution < 1.29 is 14.6 Å². The van der Waals surface area contributed by atoms with Crippen LogP contribution in [0, 0.1) is 0 Å². The molecule has 152 valence electrons. The van der Waals surface area contributed by atoms with E-state index in [0.717, 1.165) is 37.3 Å². The summed E-state index contributed by atoms with van der Waals surface area (Å²) in [7, 11) is 3.72. The molecule has 1 atom stereocenters. The first kappa shape index (κ1) is 21.7. The molecule has 1 heterocycles. The maximum Gasteiger partial charge on any atom is 0.161 e. The van der Waals surface area contributed by atoms with E-state index >= 15 is 0 Å². The van der Waals surface area contributed by atoms with Gasteiger partial charge in [0.15, 0.2) is 11.5 Å². The van der Waals surface area contributed by atoms with Crippen molar-refractivity contribution in [2.45, 2.75) is 45.3 Å². The third-order valence-electron chi connectivity index (χ3n) is 4.82. The van der Waals surface area contributed by atoms with Crippen LogP contribution in [-0.2, 0) is 6.54 Å². The average molecular weight is 377 g/mol. The first-order valence-corrected chi connectivity index (χ1v) is 10.0. The SMILES string of the molecule is C=C(C)CN(C)Cc1ccc(OCC(O)CN2CCCCCC2)c(OC)c1. The summed E-state index contributed by atoms with van der Waals surface area (Å²) in [5.74, 6) is 1.39. The fourth-order valence-corrected chi connectivity index (χ4v) is 3.61. The number of hydrogen-bond acceptors (Lipinski definition) is 5. The number of likely N-dealkylation sites (tertiary alicyclic amines) is 1. The summed E-state index contributed by atoms with van der Waals surface area (Å²) in [5.41, 5.74) is 2.30. The zero-order valence-corrected chi connectivity index (χ0v) is 17.2. The molecule has 0 radical (unpaired) electrons. The first-order valence-electron chi connectivity index (χ1n) is 10.0. The molecule has 0 saturated carbocycles. The van der Waals surface area contributed by atoms with Crippen LogP contribution in [0.4, 0.5) is 0 Å². The molecule has 0 amide bonds. The van der Waals surface area contributed by atoms with Crippen molar-refractivity contribution in [3.63, 3.8) is 0 Å². The molecule has 0 bridgehead atoms. The second kappa shape index (κ2) is 11.3. The third-order valence-corrected chi connectivity index (χ3v) is 4.82. The lowest BCUT2D eigenvalue weighted by molar-refractivity contribution is 0.0683. The molecule has 0 aromatic heterocycles. The summed E-state index contributed by atoms with van der Waals surface area (Å²) < 4.78 is 11.4. The summed E-state index contributed by atoms with van der Waals surface area (Å²) in [5, 5.41) is 10.4. The van der Waals surface area contributed by atoms with E-state index in [1.54, 1.807) is 7.11 Å². The minimum absolute atomic E-state index is 0.280. The van der Waals surface area contributed by atoms with E-state index in [4.69, 9.17) is 9.47 Å². The van der Waals surface area contributed by atoms with Crippen molar-refractivity contribution in [3.05, 3.63) is 35.9 Å². The smallest absolute Gasteiger partial charge is 0.161 e. The van der Waals surface area contributed by atoms with Crippen molar-refractivity contribution in [1.29, 1.82) is 0 Å². The first-order chi connectivity index (χ1) is 13.0. The van der Waals surface area contributed by atoms with Crippen LogP contribution in [0.25, 0.3) is 0 Å². The number of aliphatic hydroxyl groups excluding tert-OH is 1. The number of aliphatic hydroxyl groups is 1. The molecule has 2 rings (SSSR count). The van der Waals surface area contributed by atoms with Gasteiger partial charge in [0.1, 0.15) is 12.7 Å². The zero-order valence-electron chi connectivity index (χ0n) is 17.2. The zero-order chi connectivity index (χ0) is 19.6. The van der Waals surface area contributed by atoms with Gasteiger partial charge in [-0.2, -0.15) is 0 Å². The molecule has 1 N–H and O–H groups in total. The Morgan fingerprint density at radius 1 is 1.22 bits per heavy atom. The van der Waals surface area contributed by atoms with E-state index in [1.807, 2.05) is 25.1 Å². The molecule has 5 heteroatoms. The number of nitrogens with zero attached hydrogens (tertiary/aromatic N) is 2. The van der Waals surface area contributed by atoms with Crippen LogP contribution >= 0.6 is 0 Å². The lowest BCUT2D eigenvalue weighted by Gasteiger charge is -2.23. The highest BCUT2D eigenvalue weighted by Crippen LogP contribution is 2.28. The van der Waals surface area contributed by atoms with Gasteiger partial charge < -0.3 is 19.5 Å². The fraction of sp³-hybridized carbons (Fsp3) is 0.636. The van der Waals surface area contributed by atoms with Crippen LogP contribution < -0.4 is 9.47 Å². The van der Waals surface area contributed by atoms with E-state index in [1.165, 1.54) is 25.7 Å². The molecule has 0 aliphatic carbocycles. The number of hydrogen-bond donors (Lipinski definition) is 1. The second-order valence-corrected chi connectivity index (χ2v) is 7.79. The van der Waals surface area contributed by atoms with E-state index in [2.05, 4.69) is 23.4 Å². The van der Waals surface area contributed by atoms with Crippen molar-refractivity contribution in [3.8, 4) is 11.5 Å². The van der Waals surface area contributed by atoms with E-state index in [-0.39, 0.29) is 6.61 Å². The molecule has 1 aromatic carbocycles. The lowest BCUT2D eigenvalue weighted by Crippen LogP contribution is -2.36. The normalized spacial score (nSPS) is 16.8. The number of methoxy groups -OCH3 is 1. The summed E-state index contributed by atoms with van der Waals surface area (Å²) in [6.07, 6.45) is 4.56. The van der Waals surface area contributed by atoms with Crippen LogP contribution in [0.3, 0.4) is 0 Å². The number of rotatable bonds is 10. The Kier molecular flexibility index (Phi) is 9.11. The summed E-state index contributed by atoms with van der Waals surface area (Å²) in [6, 6.07) is 5.99.